The maximum atomic E-state index is 12.0. The summed E-state index contributed by atoms with van der Waals surface area (Å²) < 4.78 is 11.2. The van der Waals surface area contributed by atoms with Gasteiger partial charge in [-0.05, 0) is 54.2 Å². The van der Waals surface area contributed by atoms with Crippen LogP contribution in [0.5, 0.6) is 0 Å². The first-order valence-electron chi connectivity index (χ1n) is 10.9. The zero-order chi connectivity index (χ0) is 23.5. The van der Waals surface area contributed by atoms with Crippen LogP contribution < -0.4 is 5.32 Å². The van der Waals surface area contributed by atoms with Crippen LogP contribution in [0.2, 0.25) is 0 Å². The molecular formula is C27H23N3O3S. The number of carbonyl (C=O) groups excluding carboxylic acids is 1. The van der Waals surface area contributed by atoms with Gasteiger partial charge in [-0.3, -0.25) is 4.98 Å². The fourth-order valence-corrected chi connectivity index (χ4v) is 4.55. The molecule has 170 valence electrons. The Balaban J connectivity index is 1.52. The summed E-state index contributed by atoms with van der Waals surface area (Å²) in [6, 6.07) is 26.8. The number of ether oxygens (including phenoxy) is 1. The van der Waals surface area contributed by atoms with Crippen molar-refractivity contribution in [2.24, 2.45) is 0 Å². The van der Waals surface area contributed by atoms with Crippen LogP contribution in [-0.2, 0) is 11.3 Å². The number of nitrogens with zero attached hydrogens (tertiary/aromatic N) is 2. The highest BCUT2D eigenvalue weighted by atomic mass is 32.1. The highest BCUT2D eigenvalue weighted by molar-refractivity contribution is 7.80. The Hall–Kier alpha value is -3.97. The molecule has 34 heavy (non-hydrogen) atoms. The van der Waals surface area contributed by atoms with Crippen molar-refractivity contribution in [3.63, 3.8) is 0 Å². The van der Waals surface area contributed by atoms with E-state index in [-0.39, 0.29) is 18.1 Å². The van der Waals surface area contributed by atoms with E-state index in [1.54, 1.807) is 18.3 Å². The normalized spacial score (nSPS) is 17.4. The van der Waals surface area contributed by atoms with Crippen LogP contribution in [0, 0.1) is 0 Å². The van der Waals surface area contributed by atoms with E-state index >= 15 is 0 Å². The summed E-state index contributed by atoms with van der Waals surface area (Å²) in [5.41, 5.74) is 3.30. The number of methoxy groups -OCH3 is 1. The van der Waals surface area contributed by atoms with E-state index in [1.165, 1.54) is 7.11 Å². The van der Waals surface area contributed by atoms with Gasteiger partial charge in [0.15, 0.2) is 5.11 Å². The molecule has 4 aromatic rings. The molecule has 3 heterocycles. The third kappa shape index (κ3) is 4.30. The van der Waals surface area contributed by atoms with Gasteiger partial charge in [-0.25, -0.2) is 4.79 Å². The number of hydrogen-bond donors (Lipinski definition) is 1. The number of furan rings is 1. The van der Waals surface area contributed by atoms with Gasteiger partial charge in [0.05, 0.1) is 24.4 Å². The van der Waals surface area contributed by atoms with Crippen molar-refractivity contribution in [1.29, 1.82) is 0 Å². The predicted octanol–water partition coefficient (Wildman–Crippen LogP) is 5.30. The maximum Gasteiger partial charge on any atom is 0.337 e. The smallest absolute Gasteiger partial charge is 0.337 e. The van der Waals surface area contributed by atoms with Gasteiger partial charge >= 0.3 is 5.97 Å². The molecular weight excluding hydrogens is 446 g/mol. The second-order valence-corrected chi connectivity index (χ2v) is 8.40. The monoisotopic (exact) mass is 469 g/mol. The van der Waals surface area contributed by atoms with Gasteiger partial charge in [0.25, 0.3) is 0 Å². The molecule has 7 heteroatoms. The largest absolute Gasteiger partial charge is 0.465 e. The first kappa shape index (κ1) is 21.9. The lowest BCUT2D eigenvalue weighted by Gasteiger charge is -2.26. The van der Waals surface area contributed by atoms with Crippen molar-refractivity contribution in [3.8, 4) is 11.3 Å². The van der Waals surface area contributed by atoms with Crippen molar-refractivity contribution in [2.45, 2.75) is 18.6 Å². The average molecular weight is 470 g/mol. The van der Waals surface area contributed by atoms with Crippen LogP contribution in [0.25, 0.3) is 11.3 Å². The van der Waals surface area contributed by atoms with E-state index < -0.39 is 0 Å². The molecule has 6 nitrogen and oxygen atoms in total. The lowest BCUT2D eigenvalue weighted by molar-refractivity contribution is 0.0601. The van der Waals surface area contributed by atoms with Crippen molar-refractivity contribution in [3.05, 3.63) is 114 Å². The van der Waals surface area contributed by atoms with Gasteiger partial charge in [0, 0.05) is 18.3 Å². The summed E-state index contributed by atoms with van der Waals surface area (Å²) in [7, 11) is 1.37. The van der Waals surface area contributed by atoms with Gasteiger partial charge in [0.2, 0.25) is 0 Å². The van der Waals surface area contributed by atoms with Crippen LogP contribution in [-0.4, -0.2) is 28.1 Å². The van der Waals surface area contributed by atoms with Crippen LogP contribution in [0.3, 0.4) is 0 Å². The molecule has 0 saturated carbocycles. The zero-order valence-electron chi connectivity index (χ0n) is 18.5. The number of nitrogens with one attached hydrogen (secondary N) is 1. The van der Waals surface area contributed by atoms with Crippen molar-refractivity contribution >= 4 is 23.3 Å². The van der Waals surface area contributed by atoms with E-state index in [0.29, 0.717) is 23.0 Å². The second-order valence-electron chi connectivity index (χ2n) is 8.01. The summed E-state index contributed by atoms with van der Waals surface area (Å²) in [5, 5.41) is 4.09. The van der Waals surface area contributed by atoms with E-state index in [9.17, 15) is 4.79 Å². The van der Waals surface area contributed by atoms with Gasteiger partial charge in [-0.1, -0.05) is 48.5 Å². The number of pyridine rings is 1. The van der Waals surface area contributed by atoms with Crippen molar-refractivity contribution < 1.29 is 13.9 Å². The van der Waals surface area contributed by atoms with E-state index in [4.69, 9.17) is 21.4 Å². The Morgan fingerprint density at radius 1 is 1.06 bits per heavy atom. The molecule has 0 aliphatic carbocycles. The summed E-state index contributed by atoms with van der Waals surface area (Å²) >= 11 is 5.75. The Labute approximate surface area is 203 Å². The molecule has 0 radical (unpaired) electrons. The minimum Gasteiger partial charge on any atom is -0.465 e. The minimum absolute atomic E-state index is 0.169. The fraction of sp³-hybridized carbons (Fsp3) is 0.148. The first-order chi connectivity index (χ1) is 16.6. The van der Waals surface area contributed by atoms with E-state index in [0.717, 1.165) is 22.6 Å². The number of rotatable bonds is 6. The number of benzene rings is 2. The third-order valence-corrected chi connectivity index (χ3v) is 6.23. The Kier molecular flexibility index (Phi) is 6.10. The second kappa shape index (κ2) is 9.49. The summed E-state index contributed by atoms with van der Waals surface area (Å²) in [4.78, 5) is 18.7. The highest BCUT2D eigenvalue weighted by Crippen LogP contribution is 2.41. The van der Waals surface area contributed by atoms with Crippen molar-refractivity contribution in [2.75, 3.05) is 7.11 Å². The molecule has 0 bridgehead atoms. The fourth-order valence-electron chi connectivity index (χ4n) is 4.25. The average Bonchev–Trinajstić information content (AvgIpc) is 3.50. The van der Waals surface area contributed by atoms with Crippen LogP contribution in [0.4, 0.5) is 0 Å². The number of aromatic nitrogens is 1. The van der Waals surface area contributed by atoms with Gasteiger partial charge in [-0.2, -0.15) is 0 Å². The SMILES string of the molecule is COC(=O)c1cccc(-c2ccc([C@@H]3[C@@H](c4ccccn4)NC(=S)N3Cc3ccccc3)o2)c1. The Morgan fingerprint density at radius 3 is 2.65 bits per heavy atom. The standard InChI is InChI=1S/C27H23N3O3S/c1-32-26(31)20-11-7-10-19(16-20)22-13-14-23(33-22)25-24(21-12-5-6-15-28-21)29-27(34)30(25)17-18-8-3-2-4-9-18/h2-16,24-25H,17H2,1H3,(H,29,34)/t24-,25-/m1/s1. The molecule has 0 amide bonds. The molecule has 1 fully saturated rings. The van der Waals surface area contributed by atoms with Crippen molar-refractivity contribution in [1.82, 2.24) is 15.2 Å². The molecule has 0 spiro atoms. The quantitative estimate of drug-likeness (QED) is 0.304. The molecule has 2 atom stereocenters. The molecule has 1 N–H and O–H groups in total. The van der Waals surface area contributed by atoms with Crippen LogP contribution in [0.1, 0.15) is 39.5 Å². The summed E-state index contributed by atoms with van der Waals surface area (Å²) in [6.45, 7) is 0.633. The number of esters is 1. The Bertz CT molecular complexity index is 1310. The van der Waals surface area contributed by atoms with Crippen LogP contribution >= 0.6 is 12.2 Å². The number of carbonyl (C=O) groups is 1. The molecule has 1 aliphatic heterocycles. The molecule has 0 unspecified atom stereocenters. The first-order valence-corrected chi connectivity index (χ1v) is 11.4. The molecule has 1 aliphatic rings. The van der Waals surface area contributed by atoms with Gasteiger partial charge < -0.3 is 19.4 Å². The minimum atomic E-state index is -0.386. The summed E-state index contributed by atoms with van der Waals surface area (Å²) in [6.07, 6.45) is 1.78. The number of thiocarbonyl (C=S) groups is 1. The van der Waals surface area contributed by atoms with Gasteiger partial charge in [-0.15, -0.1) is 0 Å². The Morgan fingerprint density at radius 2 is 1.88 bits per heavy atom. The zero-order valence-corrected chi connectivity index (χ0v) is 19.4. The summed E-state index contributed by atoms with van der Waals surface area (Å²) in [5.74, 6) is 1.04. The molecule has 2 aromatic heterocycles. The number of hydrogen-bond acceptors (Lipinski definition) is 5. The maximum absolute atomic E-state index is 12.0. The lowest BCUT2D eigenvalue weighted by Crippen LogP contribution is -2.29. The van der Waals surface area contributed by atoms with Crippen LogP contribution in [0.15, 0.2) is 95.5 Å². The van der Waals surface area contributed by atoms with E-state index in [2.05, 4.69) is 27.3 Å². The predicted molar refractivity (Wildman–Crippen MR) is 133 cm³/mol. The molecule has 5 rings (SSSR count). The highest BCUT2D eigenvalue weighted by Gasteiger charge is 2.41. The molecule has 2 aromatic carbocycles. The van der Waals surface area contributed by atoms with E-state index in [1.807, 2.05) is 60.7 Å². The lowest BCUT2D eigenvalue weighted by atomic mass is 10.0. The third-order valence-electron chi connectivity index (χ3n) is 5.88. The molecule has 1 saturated heterocycles. The topological polar surface area (TPSA) is 67.6 Å². The van der Waals surface area contributed by atoms with Gasteiger partial charge in [0.1, 0.15) is 17.6 Å².